The third kappa shape index (κ3) is 33.7. The van der Waals surface area contributed by atoms with Gasteiger partial charge in [-0.05, 0) is 0 Å². The van der Waals surface area contributed by atoms with Crippen LogP contribution in [0.5, 0.6) is 0 Å². The van der Waals surface area contributed by atoms with Crippen LogP contribution in [0.25, 0.3) is 0 Å². The summed E-state index contributed by atoms with van der Waals surface area (Å²) in [5.41, 5.74) is 0. The van der Waals surface area contributed by atoms with Gasteiger partial charge in [-0.15, -0.1) is 0 Å². The average molecular weight is 583 g/mol. The molecule has 0 saturated heterocycles. The first-order valence-corrected chi connectivity index (χ1v) is 10.4. The molecule has 0 aliphatic carbocycles. The minimum atomic E-state index is -0.530. The standard InChI is InChI=1S/IN.HI.2K.V.W.H/c1-2;;;;;;/h;1H;;;;;/q;;;;;+1;/p-1/i;;;;;;1+1. The monoisotopic (exact) mass is 583 g/mol. The van der Waals surface area contributed by atoms with Gasteiger partial charge in [-0.2, -0.15) is 0 Å². The molecule has 0 aromatic carbocycles. The zero-order chi connectivity index (χ0) is 5.41. The molecule has 0 atom stereocenters. The van der Waals surface area contributed by atoms with Crippen molar-refractivity contribution in [2.45, 2.75) is 0 Å². The van der Waals surface area contributed by atoms with E-state index in [1.807, 2.05) is 22.9 Å². The van der Waals surface area contributed by atoms with Crippen molar-refractivity contribution >= 4 is 145 Å². The maximum atomic E-state index is 6.36. The molecule has 0 aromatic rings. The Kier molecular flexibility index (Phi) is 78.9. The van der Waals surface area contributed by atoms with Crippen LogP contribution in [0.1, 0.15) is 0 Å². The van der Waals surface area contributed by atoms with Crippen LogP contribution < -0.4 is 0 Å². The number of rotatable bonds is 0. The van der Waals surface area contributed by atoms with Crippen molar-refractivity contribution in [2.24, 2.45) is 2.00 Å². The van der Waals surface area contributed by atoms with E-state index in [2.05, 4.69) is 38.6 Å². The van der Waals surface area contributed by atoms with Crippen molar-refractivity contribution in [3.63, 3.8) is 0 Å². The van der Waals surface area contributed by atoms with Crippen LogP contribution in [0.2, 0.25) is 0 Å². The van der Waals surface area contributed by atoms with E-state index in [4.69, 9.17) is 0.749 Å². The molecule has 0 saturated carbocycles. The molecule has 0 aliphatic rings. The van der Waals surface area contributed by atoms with E-state index >= 15 is 0 Å². The SMILES string of the molecule is [2H][W][I].[K].[K].[V]=[N]I. The van der Waals surface area contributed by atoms with Gasteiger partial charge >= 0.3 is 78.2 Å². The number of halogens is 2. The van der Waals surface area contributed by atoms with E-state index < -0.39 is 16.0 Å². The molecule has 7 heavy (non-hydrogen) atoms. The van der Waals surface area contributed by atoms with Gasteiger partial charge < -0.3 is 0 Å². The number of hydrogen-bond acceptors (Lipinski definition) is 1. The van der Waals surface area contributed by atoms with Gasteiger partial charge in [-0.1, -0.05) is 0 Å². The normalized spacial score (nSPS) is 4.43. The third-order valence-electron chi connectivity index (χ3n) is 0. The summed E-state index contributed by atoms with van der Waals surface area (Å²) < 4.78 is 9.77. The summed E-state index contributed by atoms with van der Waals surface area (Å²) in [6.45, 7) is 0. The van der Waals surface area contributed by atoms with Gasteiger partial charge in [0.1, 0.15) is 0 Å². The van der Waals surface area contributed by atoms with Crippen LogP contribution >= 0.6 is 42.2 Å². The topological polar surface area (TPSA) is 12.4 Å². The first-order valence-electron chi connectivity index (χ1n) is 0.932. The predicted octanol–water partition coefficient (Wildman–Crippen LogP) is 0.921. The Labute approximate surface area is 175 Å². The zero-order valence-corrected chi connectivity index (χ0v) is 18.9. The molecule has 0 N–H and O–H groups in total. The zero-order valence-electron chi connectivity index (χ0n) is 5.06. The fraction of sp³-hybridized carbons (Fsp3) is 0. The van der Waals surface area contributed by atoms with Crippen molar-refractivity contribution in [2.75, 3.05) is 0 Å². The molecule has 7 heteroatoms. The molecule has 33 valence electrons. The first kappa shape index (κ1) is 18.6. The molecule has 0 heterocycles. The summed E-state index contributed by atoms with van der Waals surface area (Å²) in [5.74, 6) is 0. The quantitative estimate of drug-likeness (QED) is 0.298. The summed E-state index contributed by atoms with van der Waals surface area (Å²) in [4.78, 5) is 0. The van der Waals surface area contributed by atoms with Gasteiger partial charge in [0, 0.05) is 103 Å². The van der Waals surface area contributed by atoms with Crippen LogP contribution in [-0.4, -0.2) is 104 Å². The second-order valence-electron chi connectivity index (χ2n) is 0.0756. The molecule has 0 fully saturated rings. The van der Waals surface area contributed by atoms with Crippen molar-refractivity contribution in [3.05, 3.63) is 0 Å². The Balaban J connectivity index is -0.0000000160. The van der Waals surface area contributed by atoms with E-state index in [9.17, 15) is 0 Å². The molecule has 0 aliphatic heterocycles. The molecule has 1 nitrogen and oxygen atoms in total. The van der Waals surface area contributed by atoms with Crippen molar-refractivity contribution < 1.29 is 33.2 Å². The summed E-state index contributed by atoms with van der Waals surface area (Å²) in [7, 11) is 0. The van der Waals surface area contributed by atoms with E-state index in [1.54, 1.807) is 0 Å². The fourth-order valence-electron chi connectivity index (χ4n) is 0. The molecule has 0 unspecified atom stereocenters. The minimum absolute atomic E-state index is 0. The van der Waals surface area contributed by atoms with E-state index in [0.29, 0.717) is 0 Å². The Morgan fingerprint density at radius 1 is 1.71 bits per heavy atom. The van der Waals surface area contributed by atoms with Gasteiger partial charge in [0.15, 0.2) is 0 Å². The molecule has 0 bridgehead atoms. The number of nitrogens with zero attached hydrogens (tertiary/aromatic N) is 1. The molecular formula is HI2K2NVW. The van der Waals surface area contributed by atoms with Gasteiger partial charge in [0.25, 0.3) is 0 Å². The van der Waals surface area contributed by atoms with E-state index in [-0.39, 0.29) is 103 Å². The Bertz CT molecular complexity index is 34.0. The van der Waals surface area contributed by atoms with Crippen LogP contribution in [0.15, 0.2) is 2.00 Å². The fourth-order valence-corrected chi connectivity index (χ4v) is 0. The Morgan fingerprint density at radius 3 is 1.71 bits per heavy atom. The van der Waals surface area contributed by atoms with Crippen LogP contribution in [0.4, 0.5) is 0 Å². The van der Waals surface area contributed by atoms with Crippen molar-refractivity contribution in [1.29, 1.82) is 0.749 Å². The first-order chi connectivity index (χ1) is 2.83. The Hall–Kier alpha value is 5.81. The van der Waals surface area contributed by atoms with Crippen molar-refractivity contribution in [3.8, 4) is 0 Å². The average Bonchev–Trinajstić information content (AvgIpc) is 1.39. The maximum absolute atomic E-state index is 6.36. The number of hydrogen-bond donors (Lipinski definition) is 0. The molecule has 0 spiro atoms. The van der Waals surface area contributed by atoms with Gasteiger partial charge in [0.05, 0.1) is 0 Å². The van der Waals surface area contributed by atoms with Gasteiger partial charge in [-0.3, -0.25) is 0 Å². The second kappa shape index (κ2) is 29.8. The van der Waals surface area contributed by atoms with Gasteiger partial charge in [0.2, 0.25) is 0 Å². The van der Waals surface area contributed by atoms with Gasteiger partial charge in [-0.25, -0.2) is 0 Å². The van der Waals surface area contributed by atoms with Crippen LogP contribution in [0, 0.1) is 0 Å². The van der Waals surface area contributed by atoms with Crippen molar-refractivity contribution in [1.82, 2.24) is 0 Å². The Morgan fingerprint density at radius 2 is 1.71 bits per heavy atom. The summed E-state index contributed by atoms with van der Waals surface area (Å²) in [6.07, 6.45) is 0. The van der Waals surface area contributed by atoms with Crippen LogP contribution in [0.3, 0.4) is 0 Å². The molecule has 0 amide bonds. The summed E-state index contributed by atoms with van der Waals surface area (Å²) in [5, 5.41) is 0. The van der Waals surface area contributed by atoms with Crippen LogP contribution in [-0.2, 0) is 33.2 Å². The summed E-state index contributed by atoms with van der Waals surface area (Å²) in [6, 6.07) is 0. The molecule has 2 radical (unpaired) electrons. The second-order valence-corrected chi connectivity index (χ2v) is 2.09. The summed E-state index contributed by atoms with van der Waals surface area (Å²) >= 11 is 5.55. The van der Waals surface area contributed by atoms with E-state index in [0.717, 1.165) is 0 Å². The molecular weight excluding hydrogens is 581 g/mol. The molecule has 0 rings (SSSR count). The third-order valence-corrected chi connectivity index (χ3v) is 0. The van der Waals surface area contributed by atoms with E-state index in [1.165, 1.54) is 0 Å². The molecule has 0 aromatic heterocycles. The predicted molar refractivity (Wildman–Crippen MR) is 43.4 cm³/mol.